The molecule has 0 spiro atoms. The molecule has 1 heterocycles. The summed E-state index contributed by atoms with van der Waals surface area (Å²) in [4.78, 5) is 7.65. The van der Waals surface area contributed by atoms with Crippen molar-refractivity contribution in [3.8, 4) is 17.0 Å². The van der Waals surface area contributed by atoms with E-state index in [1.165, 1.54) is 32.1 Å². The summed E-state index contributed by atoms with van der Waals surface area (Å²) in [6, 6.07) is 8.13. The molecular formula is C20H31N3O. The molecule has 4 heteroatoms. The molecule has 0 fully saturated rings. The summed E-state index contributed by atoms with van der Waals surface area (Å²) in [7, 11) is 0. The number of imidazole rings is 1. The van der Waals surface area contributed by atoms with Gasteiger partial charge < -0.3 is 15.5 Å². The minimum absolute atomic E-state index is 0.460. The maximum absolute atomic E-state index is 6.06. The van der Waals surface area contributed by atoms with Gasteiger partial charge in [0.25, 0.3) is 0 Å². The first-order valence-corrected chi connectivity index (χ1v) is 9.08. The van der Waals surface area contributed by atoms with Crippen molar-refractivity contribution in [1.29, 1.82) is 0 Å². The third-order valence-corrected chi connectivity index (χ3v) is 4.12. The minimum atomic E-state index is -0.460. The van der Waals surface area contributed by atoms with Crippen LogP contribution >= 0.6 is 0 Å². The van der Waals surface area contributed by atoms with Crippen molar-refractivity contribution < 1.29 is 4.74 Å². The summed E-state index contributed by atoms with van der Waals surface area (Å²) in [5, 5.41) is 0. The van der Waals surface area contributed by atoms with Gasteiger partial charge in [0, 0.05) is 0 Å². The number of H-pyrrole nitrogens is 1. The average Bonchev–Trinajstić information content (AvgIpc) is 3.05. The van der Waals surface area contributed by atoms with Crippen LogP contribution in [0.4, 0.5) is 0 Å². The van der Waals surface area contributed by atoms with Gasteiger partial charge in [0.05, 0.1) is 24.0 Å². The van der Waals surface area contributed by atoms with Crippen LogP contribution in [0, 0.1) is 0 Å². The largest absolute Gasteiger partial charge is 0.494 e. The lowest BCUT2D eigenvalue weighted by Crippen LogP contribution is -2.30. The summed E-state index contributed by atoms with van der Waals surface area (Å²) >= 11 is 0. The fourth-order valence-corrected chi connectivity index (χ4v) is 2.60. The second kappa shape index (κ2) is 8.88. The average molecular weight is 329 g/mol. The van der Waals surface area contributed by atoms with E-state index in [9.17, 15) is 0 Å². The molecule has 0 aliphatic carbocycles. The van der Waals surface area contributed by atoms with Gasteiger partial charge in [0.15, 0.2) is 0 Å². The van der Waals surface area contributed by atoms with Gasteiger partial charge in [-0.1, -0.05) is 39.0 Å². The maximum atomic E-state index is 6.06. The zero-order valence-electron chi connectivity index (χ0n) is 15.3. The number of nitrogens with zero attached hydrogens (tertiary/aromatic N) is 1. The zero-order chi connectivity index (χ0) is 17.4. The Labute approximate surface area is 145 Å². The second-order valence-electron chi connectivity index (χ2n) is 7.01. The molecule has 0 aliphatic rings. The number of hydrogen-bond acceptors (Lipinski definition) is 3. The van der Waals surface area contributed by atoms with Crippen LogP contribution in [0.25, 0.3) is 11.3 Å². The lowest BCUT2D eigenvalue weighted by molar-refractivity contribution is 0.304. The number of aromatic amines is 1. The highest BCUT2D eigenvalue weighted by Crippen LogP contribution is 2.23. The van der Waals surface area contributed by atoms with Crippen molar-refractivity contribution in [3.05, 3.63) is 36.3 Å². The van der Waals surface area contributed by atoms with Gasteiger partial charge in [0.1, 0.15) is 11.6 Å². The predicted octanol–water partition coefficient (Wildman–Crippen LogP) is 5.01. The standard InChI is InChI=1S/C20H31N3O/c1-4-5-6-7-8-9-14-24-17-12-10-16(11-13-17)18-15-22-19(23-18)20(2,3)21/h10-13,15H,4-9,14,21H2,1-3H3,(H,22,23). The normalized spacial score (nSPS) is 11.7. The molecule has 0 unspecified atom stereocenters. The lowest BCUT2D eigenvalue weighted by atomic mass is 10.1. The van der Waals surface area contributed by atoms with E-state index in [0.29, 0.717) is 0 Å². The quantitative estimate of drug-likeness (QED) is 0.602. The van der Waals surface area contributed by atoms with E-state index in [1.54, 1.807) is 0 Å². The number of hydrogen-bond donors (Lipinski definition) is 2. The summed E-state index contributed by atoms with van der Waals surface area (Å²) < 4.78 is 5.82. The first-order valence-electron chi connectivity index (χ1n) is 9.08. The van der Waals surface area contributed by atoms with Crippen LogP contribution < -0.4 is 10.5 Å². The number of unbranched alkanes of at least 4 members (excludes halogenated alkanes) is 5. The van der Waals surface area contributed by atoms with Crippen LogP contribution in [0.5, 0.6) is 5.75 Å². The molecule has 0 atom stereocenters. The van der Waals surface area contributed by atoms with E-state index in [0.717, 1.165) is 35.9 Å². The molecule has 0 bridgehead atoms. The highest BCUT2D eigenvalue weighted by Gasteiger charge is 2.18. The topological polar surface area (TPSA) is 63.9 Å². The molecule has 1 aromatic heterocycles. The van der Waals surface area contributed by atoms with Gasteiger partial charge in [-0.15, -0.1) is 0 Å². The van der Waals surface area contributed by atoms with Gasteiger partial charge in [-0.05, 0) is 50.1 Å². The fourth-order valence-electron chi connectivity index (χ4n) is 2.60. The Bertz CT molecular complexity index is 596. The highest BCUT2D eigenvalue weighted by molar-refractivity contribution is 5.59. The third-order valence-electron chi connectivity index (χ3n) is 4.12. The molecule has 0 saturated carbocycles. The number of nitrogens with two attached hydrogens (primary N) is 1. The summed E-state index contributed by atoms with van der Waals surface area (Å²) in [5.41, 5.74) is 7.67. The molecule has 132 valence electrons. The molecule has 3 N–H and O–H groups in total. The van der Waals surface area contributed by atoms with E-state index in [2.05, 4.69) is 29.0 Å². The van der Waals surface area contributed by atoms with Crippen LogP contribution in [0.2, 0.25) is 0 Å². The Morgan fingerprint density at radius 1 is 1.04 bits per heavy atom. The summed E-state index contributed by atoms with van der Waals surface area (Å²) in [6.45, 7) is 6.92. The van der Waals surface area contributed by atoms with E-state index in [-0.39, 0.29) is 0 Å². The van der Waals surface area contributed by atoms with Gasteiger partial charge in [-0.3, -0.25) is 0 Å². The molecule has 1 aromatic carbocycles. The number of aromatic nitrogens is 2. The molecule has 2 rings (SSSR count). The van der Waals surface area contributed by atoms with Crippen molar-refractivity contribution in [2.45, 2.75) is 64.8 Å². The Kier molecular flexibility index (Phi) is 6.85. The van der Waals surface area contributed by atoms with Gasteiger partial charge in [0.2, 0.25) is 0 Å². The fraction of sp³-hybridized carbons (Fsp3) is 0.550. The molecule has 0 radical (unpaired) electrons. The third kappa shape index (κ3) is 5.68. The molecule has 24 heavy (non-hydrogen) atoms. The first-order chi connectivity index (χ1) is 11.5. The SMILES string of the molecule is CCCCCCCCOc1ccc(-c2cnc(C(C)(C)N)[nH]2)cc1. The number of benzene rings is 1. The Hall–Kier alpha value is -1.81. The molecule has 0 amide bonds. The van der Waals surface area contributed by atoms with Gasteiger partial charge >= 0.3 is 0 Å². The van der Waals surface area contributed by atoms with E-state index in [4.69, 9.17) is 10.5 Å². The number of ether oxygens (including phenoxy) is 1. The number of nitrogens with one attached hydrogen (secondary N) is 1. The van der Waals surface area contributed by atoms with Gasteiger partial charge in [-0.25, -0.2) is 4.98 Å². The maximum Gasteiger partial charge on any atom is 0.126 e. The second-order valence-corrected chi connectivity index (χ2v) is 7.01. The first kappa shape index (κ1) is 18.5. The molecule has 4 nitrogen and oxygen atoms in total. The molecule has 0 saturated heterocycles. The molecule has 0 aliphatic heterocycles. The highest BCUT2D eigenvalue weighted by atomic mass is 16.5. The van der Waals surface area contributed by atoms with Crippen LogP contribution in [-0.2, 0) is 5.54 Å². The van der Waals surface area contributed by atoms with Crippen molar-refractivity contribution >= 4 is 0 Å². The summed E-state index contributed by atoms with van der Waals surface area (Å²) in [5.74, 6) is 1.71. The van der Waals surface area contributed by atoms with Gasteiger partial charge in [-0.2, -0.15) is 0 Å². The minimum Gasteiger partial charge on any atom is -0.494 e. The van der Waals surface area contributed by atoms with Crippen molar-refractivity contribution in [2.75, 3.05) is 6.61 Å². The van der Waals surface area contributed by atoms with Crippen LogP contribution in [0.15, 0.2) is 30.5 Å². The van der Waals surface area contributed by atoms with Crippen molar-refractivity contribution in [3.63, 3.8) is 0 Å². The van der Waals surface area contributed by atoms with Crippen LogP contribution in [0.3, 0.4) is 0 Å². The Balaban J connectivity index is 1.79. The van der Waals surface area contributed by atoms with Crippen molar-refractivity contribution in [1.82, 2.24) is 9.97 Å². The van der Waals surface area contributed by atoms with E-state index in [1.807, 2.05) is 32.2 Å². The zero-order valence-corrected chi connectivity index (χ0v) is 15.3. The van der Waals surface area contributed by atoms with E-state index < -0.39 is 5.54 Å². The Morgan fingerprint density at radius 3 is 2.33 bits per heavy atom. The smallest absolute Gasteiger partial charge is 0.126 e. The lowest BCUT2D eigenvalue weighted by Gasteiger charge is -2.14. The molecule has 2 aromatic rings. The number of rotatable bonds is 10. The summed E-state index contributed by atoms with van der Waals surface area (Å²) in [6.07, 6.45) is 9.51. The monoisotopic (exact) mass is 329 g/mol. The predicted molar refractivity (Wildman–Crippen MR) is 100 cm³/mol. The molecular weight excluding hydrogens is 298 g/mol. The van der Waals surface area contributed by atoms with E-state index >= 15 is 0 Å². The van der Waals surface area contributed by atoms with Crippen molar-refractivity contribution in [2.24, 2.45) is 5.73 Å². The van der Waals surface area contributed by atoms with Crippen LogP contribution in [0.1, 0.15) is 65.1 Å². The van der Waals surface area contributed by atoms with Crippen LogP contribution in [-0.4, -0.2) is 16.6 Å². The Morgan fingerprint density at radius 2 is 1.71 bits per heavy atom.